The smallest absolute Gasteiger partial charge is 0.272 e. The van der Waals surface area contributed by atoms with Gasteiger partial charge in [0.25, 0.3) is 5.91 Å². The van der Waals surface area contributed by atoms with E-state index in [1.807, 2.05) is 17.0 Å². The Balaban J connectivity index is 1.29. The molecule has 2 aliphatic rings. The molecule has 4 rings (SSSR count). The predicted molar refractivity (Wildman–Crippen MR) is 112 cm³/mol. The van der Waals surface area contributed by atoms with E-state index in [9.17, 15) is 9.59 Å². The topological polar surface area (TPSA) is 67.2 Å². The van der Waals surface area contributed by atoms with E-state index in [4.69, 9.17) is 11.6 Å². The fourth-order valence-electron chi connectivity index (χ4n) is 4.32. The highest BCUT2D eigenvalue weighted by Crippen LogP contribution is 2.26. The van der Waals surface area contributed by atoms with Crippen molar-refractivity contribution in [2.24, 2.45) is 5.92 Å². The second-order valence-electron chi connectivity index (χ2n) is 8.03. The van der Waals surface area contributed by atoms with E-state index in [1.165, 1.54) is 19.3 Å². The van der Waals surface area contributed by atoms with Gasteiger partial charge in [-0.15, -0.1) is 0 Å². The summed E-state index contributed by atoms with van der Waals surface area (Å²) in [5, 5.41) is 8.07. The minimum Gasteiger partial charge on any atom is -0.348 e. The highest BCUT2D eigenvalue weighted by molar-refractivity contribution is 6.30. The second kappa shape index (κ2) is 8.99. The van der Waals surface area contributed by atoms with Gasteiger partial charge in [-0.2, -0.15) is 5.10 Å². The van der Waals surface area contributed by atoms with Gasteiger partial charge in [-0.25, -0.2) is 4.68 Å². The molecule has 1 saturated carbocycles. The van der Waals surface area contributed by atoms with Gasteiger partial charge >= 0.3 is 0 Å². The van der Waals surface area contributed by atoms with Gasteiger partial charge in [-0.3, -0.25) is 9.59 Å². The maximum Gasteiger partial charge on any atom is 0.272 e. The van der Waals surface area contributed by atoms with Crippen molar-refractivity contribution in [1.82, 2.24) is 20.0 Å². The standard InChI is InChI=1S/C22H27ClN4O2/c23-17-7-4-8-19(15-17)27-14-11-20(25-27)21(28)24-18-9-12-26(13-10-18)22(29)16-5-2-1-3-6-16/h4,7-8,11,14-16,18H,1-3,5-6,9-10,12-13H2,(H,24,28). The minimum atomic E-state index is -0.178. The van der Waals surface area contributed by atoms with Gasteiger partial charge in [0.05, 0.1) is 5.69 Å². The third-order valence-electron chi connectivity index (χ3n) is 5.99. The van der Waals surface area contributed by atoms with Crippen LogP contribution < -0.4 is 5.32 Å². The van der Waals surface area contributed by atoms with Gasteiger partial charge < -0.3 is 10.2 Å². The average molecular weight is 415 g/mol. The lowest BCUT2D eigenvalue weighted by Crippen LogP contribution is -2.48. The molecule has 0 bridgehead atoms. The number of hydrogen-bond donors (Lipinski definition) is 1. The Morgan fingerprint density at radius 3 is 2.52 bits per heavy atom. The molecule has 154 valence electrons. The van der Waals surface area contributed by atoms with E-state index in [1.54, 1.807) is 29.1 Å². The van der Waals surface area contributed by atoms with Crippen LogP contribution in [0, 0.1) is 5.92 Å². The Morgan fingerprint density at radius 2 is 1.79 bits per heavy atom. The first-order chi connectivity index (χ1) is 14.1. The zero-order valence-corrected chi connectivity index (χ0v) is 17.3. The average Bonchev–Trinajstić information content (AvgIpc) is 3.25. The van der Waals surface area contributed by atoms with Gasteiger partial charge in [-0.05, 0) is 49.9 Å². The quantitative estimate of drug-likeness (QED) is 0.826. The van der Waals surface area contributed by atoms with Crippen molar-refractivity contribution in [1.29, 1.82) is 0 Å². The van der Waals surface area contributed by atoms with Crippen molar-refractivity contribution < 1.29 is 9.59 Å². The van der Waals surface area contributed by atoms with Crippen LogP contribution in [-0.4, -0.2) is 45.6 Å². The molecule has 1 N–H and O–H groups in total. The summed E-state index contributed by atoms with van der Waals surface area (Å²) in [6.07, 6.45) is 9.00. The Kier molecular flexibility index (Phi) is 6.19. The fourth-order valence-corrected chi connectivity index (χ4v) is 4.50. The summed E-state index contributed by atoms with van der Waals surface area (Å²) in [5.74, 6) is 0.350. The lowest BCUT2D eigenvalue weighted by Gasteiger charge is -2.35. The van der Waals surface area contributed by atoms with Gasteiger partial charge in [0, 0.05) is 36.3 Å². The molecule has 1 aliphatic heterocycles. The molecule has 0 atom stereocenters. The van der Waals surface area contributed by atoms with E-state index in [-0.39, 0.29) is 17.9 Å². The van der Waals surface area contributed by atoms with Gasteiger partial charge in [0.15, 0.2) is 5.69 Å². The van der Waals surface area contributed by atoms with Crippen LogP contribution in [-0.2, 0) is 4.79 Å². The number of halogens is 1. The molecule has 1 aromatic carbocycles. The number of carbonyl (C=O) groups is 2. The summed E-state index contributed by atoms with van der Waals surface area (Å²) in [6.45, 7) is 1.44. The van der Waals surface area contributed by atoms with E-state index < -0.39 is 0 Å². The van der Waals surface area contributed by atoms with E-state index in [0.717, 1.165) is 44.5 Å². The largest absolute Gasteiger partial charge is 0.348 e. The van der Waals surface area contributed by atoms with Crippen molar-refractivity contribution in [3.63, 3.8) is 0 Å². The third-order valence-corrected chi connectivity index (χ3v) is 6.23. The Bertz CT molecular complexity index is 867. The molecule has 2 heterocycles. The van der Waals surface area contributed by atoms with Crippen LogP contribution >= 0.6 is 11.6 Å². The van der Waals surface area contributed by atoms with Crippen LogP contribution in [0.25, 0.3) is 5.69 Å². The van der Waals surface area contributed by atoms with Crippen LogP contribution in [0.3, 0.4) is 0 Å². The summed E-state index contributed by atoms with van der Waals surface area (Å²) in [4.78, 5) is 27.3. The number of hydrogen-bond acceptors (Lipinski definition) is 3. The summed E-state index contributed by atoms with van der Waals surface area (Å²) < 4.78 is 1.65. The van der Waals surface area contributed by atoms with Gasteiger partial charge in [0.1, 0.15) is 0 Å². The van der Waals surface area contributed by atoms with Gasteiger partial charge in [-0.1, -0.05) is 36.9 Å². The molecule has 1 aromatic heterocycles. The Morgan fingerprint density at radius 1 is 1.03 bits per heavy atom. The summed E-state index contributed by atoms with van der Waals surface area (Å²) in [7, 11) is 0. The van der Waals surface area contributed by atoms with Gasteiger partial charge in [0.2, 0.25) is 5.91 Å². The van der Waals surface area contributed by atoms with E-state index in [2.05, 4.69) is 10.4 Å². The van der Waals surface area contributed by atoms with Crippen LogP contribution in [0.4, 0.5) is 0 Å². The number of nitrogens with one attached hydrogen (secondary N) is 1. The van der Waals surface area contributed by atoms with Crippen molar-refractivity contribution in [3.8, 4) is 5.69 Å². The number of nitrogens with zero attached hydrogens (tertiary/aromatic N) is 3. The number of aromatic nitrogens is 2. The third kappa shape index (κ3) is 4.81. The maximum absolute atomic E-state index is 12.7. The lowest BCUT2D eigenvalue weighted by molar-refractivity contribution is -0.137. The number of carbonyl (C=O) groups excluding carboxylic acids is 2. The zero-order valence-electron chi connectivity index (χ0n) is 16.5. The highest BCUT2D eigenvalue weighted by atomic mass is 35.5. The van der Waals surface area contributed by atoms with E-state index >= 15 is 0 Å². The van der Waals surface area contributed by atoms with Crippen molar-refractivity contribution in [3.05, 3.63) is 47.2 Å². The zero-order chi connectivity index (χ0) is 20.2. The normalized spacial score (nSPS) is 18.6. The SMILES string of the molecule is O=C(NC1CCN(C(=O)C2CCCCC2)CC1)c1ccn(-c2cccc(Cl)c2)n1. The van der Waals surface area contributed by atoms with Crippen molar-refractivity contribution in [2.75, 3.05) is 13.1 Å². The number of piperidine rings is 1. The lowest BCUT2D eigenvalue weighted by atomic mass is 9.87. The molecule has 0 radical (unpaired) electrons. The molecule has 2 fully saturated rings. The molecule has 2 aromatic rings. The van der Waals surface area contributed by atoms with Crippen LogP contribution in [0.1, 0.15) is 55.4 Å². The first kappa shape index (κ1) is 20.0. The number of amides is 2. The predicted octanol–water partition coefficient (Wildman–Crippen LogP) is 3.83. The monoisotopic (exact) mass is 414 g/mol. The van der Waals surface area contributed by atoms with Crippen LogP contribution in [0.15, 0.2) is 36.5 Å². The number of benzene rings is 1. The molecule has 1 saturated heterocycles. The fraction of sp³-hybridized carbons (Fsp3) is 0.500. The second-order valence-corrected chi connectivity index (χ2v) is 8.47. The number of rotatable bonds is 4. The first-order valence-electron chi connectivity index (χ1n) is 10.5. The molecule has 7 heteroatoms. The van der Waals surface area contributed by atoms with Crippen molar-refractivity contribution in [2.45, 2.75) is 51.0 Å². The van der Waals surface area contributed by atoms with Crippen molar-refractivity contribution >= 4 is 23.4 Å². The van der Waals surface area contributed by atoms with Crippen LogP contribution in [0.2, 0.25) is 5.02 Å². The molecule has 6 nitrogen and oxygen atoms in total. The maximum atomic E-state index is 12.7. The Hall–Kier alpha value is -2.34. The Labute approximate surface area is 176 Å². The molecule has 29 heavy (non-hydrogen) atoms. The molecule has 2 amide bonds. The molecular weight excluding hydrogens is 388 g/mol. The molecule has 0 unspecified atom stereocenters. The first-order valence-corrected chi connectivity index (χ1v) is 10.9. The van der Waals surface area contributed by atoms with Crippen LogP contribution in [0.5, 0.6) is 0 Å². The van der Waals surface area contributed by atoms with E-state index in [0.29, 0.717) is 16.6 Å². The number of likely N-dealkylation sites (tertiary alicyclic amines) is 1. The summed E-state index contributed by atoms with van der Waals surface area (Å²) in [6, 6.07) is 9.12. The minimum absolute atomic E-state index is 0.0780. The summed E-state index contributed by atoms with van der Waals surface area (Å²) in [5.41, 5.74) is 1.19. The highest BCUT2D eigenvalue weighted by Gasteiger charge is 2.29. The summed E-state index contributed by atoms with van der Waals surface area (Å²) >= 11 is 6.03. The molecular formula is C22H27ClN4O2. The molecule has 1 aliphatic carbocycles. The molecule has 0 spiro atoms.